The third-order valence-corrected chi connectivity index (χ3v) is 4.87. The molecule has 0 aromatic carbocycles. The molecule has 6 heteroatoms. The first-order chi connectivity index (χ1) is 9.58. The molecule has 1 saturated carbocycles. The summed E-state index contributed by atoms with van der Waals surface area (Å²) < 4.78 is 11.5. The maximum atomic E-state index is 6.16. The predicted molar refractivity (Wildman–Crippen MR) is 94.1 cm³/mol. The summed E-state index contributed by atoms with van der Waals surface area (Å²) in [5, 5.41) is 0. The lowest BCUT2D eigenvalue weighted by Crippen LogP contribution is -2.48. The first-order valence-corrected chi connectivity index (χ1v) is 7.86. The lowest BCUT2D eigenvalue weighted by atomic mass is 9.81. The number of nitrogens with two attached hydrogens (primary N) is 1. The number of aliphatic imine (C=N–C) groups is 1. The normalized spacial score (nSPS) is 37.4. The standard InChI is InChI=1S/C15H27N3O2.HI/c1-11-9-18(6-8-19-11)14(16)17-10-15(2)5-7-20-13(15)12-3-4-12;/h11-13H,3-10H2,1-2H3,(H2,16,17);1H. The number of hydrogen-bond acceptors (Lipinski definition) is 3. The van der Waals surface area contributed by atoms with Crippen molar-refractivity contribution in [1.29, 1.82) is 0 Å². The maximum Gasteiger partial charge on any atom is 0.191 e. The molecule has 0 bridgehead atoms. The van der Waals surface area contributed by atoms with Crippen molar-refractivity contribution >= 4 is 29.9 Å². The van der Waals surface area contributed by atoms with Crippen molar-refractivity contribution in [3.63, 3.8) is 0 Å². The van der Waals surface area contributed by atoms with E-state index >= 15 is 0 Å². The summed E-state index contributed by atoms with van der Waals surface area (Å²) in [7, 11) is 0. The van der Waals surface area contributed by atoms with E-state index in [2.05, 4.69) is 23.7 Å². The van der Waals surface area contributed by atoms with Crippen LogP contribution >= 0.6 is 24.0 Å². The van der Waals surface area contributed by atoms with E-state index in [1.165, 1.54) is 12.8 Å². The van der Waals surface area contributed by atoms with Crippen LogP contribution in [0.25, 0.3) is 0 Å². The second kappa shape index (κ2) is 7.00. The van der Waals surface area contributed by atoms with Gasteiger partial charge < -0.3 is 20.1 Å². The molecule has 3 unspecified atom stereocenters. The third kappa shape index (κ3) is 4.01. The summed E-state index contributed by atoms with van der Waals surface area (Å²) in [6.07, 6.45) is 4.37. The SMILES string of the molecule is CC1CN(C(N)=NCC2(C)CCOC2C2CC2)CCO1.I. The van der Waals surface area contributed by atoms with Gasteiger partial charge in [0.25, 0.3) is 0 Å². The number of halogens is 1. The molecule has 2 aliphatic heterocycles. The number of morpholine rings is 1. The minimum atomic E-state index is 0. The molecule has 0 spiro atoms. The van der Waals surface area contributed by atoms with Gasteiger partial charge in [0.2, 0.25) is 0 Å². The van der Waals surface area contributed by atoms with Crippen molar-refractivity contribution in [1.82, 2.24) is 4.90 Å². The van der Waals surface area contributed by atoms with E-state index < -0.39 is 0 Å². The number of rotatable bonds is 3. The van der Waals surface area contributed by atoms with Crippen LogP contribution in [-0.2, 0) is 9.47 Å². The number of guanidine groups is 1. The molecular weight excluding hydrogens is 381 g/mol. The average molecular weight is 409 g/mol. The zero-order chi connectivity index (χ0) is 14.2. The fraction of sp³-hybridized carbons (Fsp3) is 0.933. The van der Waals surface area contributed by atoms with Gasteiger partial charge in [0, 0.05) is 25.1 Å². The van der Waals surface area contributed by atoms with Crippen molar-refractivity contribution in [2.24, 2.45) is 22.1 Å². The van der Waals surface area contributed by atoms with Gasteiger partial charge in [-0.1, -0.05) is 6.92 Å². The smallest absolute Gasteiger partial charge is 0.191 e. The molecule has 5 nitrogen and oxygen atoms in total. The van der Waals surface area contributed by atoms with Crippen molar-refractivity contribution in [3.8, 4) is 0 Å². The molecule has 3 aliphatic rings. The highest BCUT2D eigenvalue weighted by Crippen LogP contribution is 2.47. The fourth-order valence-corrected chi connectivity index (χ4v) is 3.42. The average Bonchev–Trinajstić information content (AvgIpc) is 3.20. The highest BCUT2D eigenvalue weighted by molar-refractivity contribution is 14.0. The Balaban J connectivity index is 0.00000161. The molecule has 0 amide bonds. The van der Waals surface area contributed by atoms with Gasteiger partial charge in [-0.25, -0.2) is 0 Å². The minimum absolute atomic E-state index is 0. The van der Waals surface area contributed by atoms with Crippen molar-refractivity contribution < 1.29 is 9.47 Å². The molecule has 1 aliphatic carbocycles. The molecule has 0 radical (unpaired) electrons. The first-order valence-electron chi connectivity index (χ1n) is 7.86. The van der Waals surface area contributed by atoms with E-state index in [-0.39, 0.29) is 35.5 Å². The quantitative estimate of drug-likeness (QED) is 0.439. The summed E-state index contributed by atoms with van der Waals surface area (Å²) in [4.78, 5) is 6.82. The van der Waals surface area contributed by atoms with Gasteiger partial charge >= 0.3 is 0 Å². The molecule has 3 fully saturated rings. The van der Waals surface area contributed by atoms with Crippen LogP contribution in [0.1, 0.15) is 33.1 Å². The van der Waals surface area contributed by atoms with Gasteiger partial charge in [-0.05, 0) is 32.1 Å². The van der Waals surface area contributed by atoms with Gasteiger partial charge in [-0.2, -0.15) is 0 Å². The Morgan fingerprint density at radius 2 is 2.10 bits per heavy atom. The number of ether oxygens (including phenoxy) is 2. The molecule has 21 heavy (non-hydrogen) atoms. The van der Waals surface area contributed by atoms with Crippen LogP contribution < -0.4 is 5.73 Å². The Morgan fingerprint density at radius 3 is 2.76 bits per heavy atom. The van der Waals surface area contributed by atoms with Crippen LogP contribution in [0.4, 0.5) is 0 Å². The van der Waals surface area contributed by atoms with Gasteiger partial charge in [0.05, 0.1) is 25.4 Å². The summed E-state index contributed by atoms with van der Waals surface area (Å²) in [6.45, 7) is 8.47. The van der Waals surface area contributed by atoms with Crippen molar-refractivity contribution in [3.05, 3.63) is 0 Å². The molecule has 122 valence electrons. The second-order valence-corrected chi connectivity index (χ2v) is 6.83. The zero-order valence-corrected chi connectivity index (χ0v) is 15.4. The Kier molecular flexibility index (Phi) is 5.76. The van der Waals surface area contributed by atoms with Crippen LogP contribution in [0.2, 0.25) is 0 Å². The van der Waals surface area contributed by atoms with E-state index in [1.807, 2.05) is 0 Å². The molecule has 2 heterocycles. The minimum Gasteiger partial charge on any atom is -0.377 e. The largest absolute Gasteiger partial charge is 0.377 e. The predicted octanol–water partition coefficient (Wildman–Crippen LogP) is 1.84. The fourth-order valence-electron chi connectivity index (χ4n) is 3.42. The van der Waals surface area contributed by atoms with Gasteiger partial charge in [-0.3, -0.25) is 4.99 Å². The second-order valence-electron chi connectivity index (χ2n) is 6.83. The van der Waals surface area contributed by atoms with E-state index in [9.17, 15) is 0 Å². The van der Waals surface area contributed by atoms with E-state index in [0.717, 1.165) is 45.2 Å². The Bertz CT molecular complexity index is 389. The topological polar surface area (TPSA) is 60.1 Å². The van der Waals surface area contributed by atoms with Gasteiger partial charge in [-0.15, -0.1) is 24.0 Å². The van der Waals surface area contributed by atoms with E-state index in [0.29, 0.717) is 12.1 Å². The van der Waals surface area contributed by atoms with Crippen LogP contribution in [0.15, 0.2) is 4.99 Å². The number of hydrogen-bond donors (Lipinski definition) is 1. The molecule has 3 atom stereocenters. The van der Waals surface area contributed by atoms with Crippen LogP contribution in [0.3, 0.4) is 0 Å². The zero-order valence-electron chi connectivity index (χ0n) is 13.1. The highest BCUT2D eigenvalue weighted by Gasteiger charge is 2.48. The highest BCUT2D eigenvalue weighted by atomic mass is 127. The van der Waals surface area contributed by atoms with Crippen molar-refractivity contribution in [2.75, 3.05) is 32.8 Å². The van der Waals surface area contributed by atoms with Crippen LogP contribution in [0.5, 0.6) is 0 Å². The van der Waals surface area contributed by atoms with Crippen molar-refractivity contribution in [2.45, 2.75) is 45.3 Å². The van der Waals surface area contributed by atoms with Crippen LogP contribution in [-0.4, -0.2) is 55.9 Å². The van der Waals surface area contributed by atoms with Gasteiger partial charge in [0.1, 0.15) is 0 Å². The monoisotopic (exact) mass is 409 g/mol. The van der Waals surface area contributed by atoms with E-state index in [4.69, 9.17) is 15.2 Å². The lowest BCUT2D eigenvalue weighted by molar-refractivity contribution is 0.00504. The van der Waals surface area contributed by atoms with E-state index in [1.54, 1.807) is 0 Å². The third-order valence-electron chi connectivity index (χ3n) is 4.87. The summed E-state index contributed by atoms with van der Waals surface area (Å²) in [5.74, 6) is 1.44. The molecule has 2 N–H and O–H groups in total. The lowest BCUT2D eigenvalue weighted by Gasteiger charge is -2.33. The Hall–Kier alpha value is -0.0800. The molecule has 0 aromatic heterocycles. The summed E-state index contributed by atoms with van der Waals surface area (Å²) >= 11 is 0. The van der Waals surface area contributed by atoms with Crippen LogP contribution in [0, 0.1) is 11.3 Å². The molecule has 3 rings (SSSR count). The number of nitrogens with zero attached hydrogens (tertiary/aromatic N) is 2. The summed E-state index contributed by atoms with van der Waals surface area (Å²) in [5.41, 5.74) is 6.33. The molecule has 2 saturated heterocycles. The first kappa shape index (κ1) is 17.3. The molecule has 0 aromatic rings. The maximum absolute atomic E-state index is 6.16. The van der Waals surface area contributed by atoms with Gasteiger partial charge in [0.15, 0.2) is 5.96 Å². The Morgan fingerprint density at radius 1 is 1.33 bits per heavy atom. The molecular formula is C15H28IN3O2. The summed E-state index contributed by atoms with van der Waals surface area (Å²) in [6, 6.07) is 0. The Labute approximate surface area is 144 Å².